The largest absolute Gasteiger partial charge is 0.502 e. The number of phenols is 1. The predicted molar refractivity (Wildman–Crippen MR) is 92.3 cm³/mol. The number of rotatable bonds is 5. The van der Waals surface area contributed by atoms with Gasteiger partial charge in [0.2, 0.25) is 4.77 Å². The zero-order chi connectivity index (χ0) is 17.1. The minimum atomic E-state index is -0.654. The smallest absolute Gasteiger partial charge is 0.311 e. The van der Waals surface area contributed by atoms with E-state index in [2.05, 4.69) is 15.3 Å². The van der Waals surface area contributed by atoms with Gasteiger partial charge in [-0.1, -0.05) is 6.07 Å². The van der Waals surface area contributed by atoms with Crippen LogP contribution >= 0.6 is 23.6 Å². The van der Waals surface area contributed by atoms with Crippen LogP contribution in [-0.4, -0.2) is 31.1 Å². The van der Waals surface area contributed by atoms with Crippen molar-refractivity contribution in [3.05, 3.63) is 66.9 Å². The third-order valence-corrected chi connectivity index (χ3v) is 4.29. The average molecular weight is 361 g/mol. The monoisotopic (exact) mass is 361 g/mol. The number of phenolic OH excluding ortho intramolecular Hbond substituents is 1. The number of benzene rings is 1. The van der Waals surface area contributed by atoms with Crippen molar-refractivity contribution in [3.63, 3.8) is 0 Å². The van der Waals surface area contributed by atoms with Crippen molar-refractivity contribution in [1.29, 1.82) is 0 Å². The Kier molecular flexibility index (Phi) is 4.49. The van der Waals surface area contributed by atoms with Gasteiger partial charge in [-0.3, -0.25) is 15.2 Å². The second-order valence-electron chi connectivity index (χ2n) is 4.76. The zero-order valence-electron chi connectivity index (χ0n) is 12.1. The van der Waals surface area contributed by atoms with E-state index in [4.69, 9.17) is 12.2 Å². The highest BCUT2D eigenvalue weighted by molar-refractivity contribution is 7.71. The maximum Gasteiger partial charge on any atom is 0.311 e. The lowest BCUT2D eigenvalue weighted by molar-refractivity contribution is -0.385. The molecule has 0 saturated carbocycles. The molecule has 2 aromatic heterocycles. The van der Waals surface area contributed by atoms with E-state index in [-0.39, 0.29) is 5.69 Å². The third kappa shape index (κ3) is 3.39. The summed E-state index contributed by atoms with van der Waals surface area (Å²) >= 11 is 6.76. The maximum absolute atomic E-state index is 10.9. The number of nitro benzene ring substituents is 1. The first-order valence-electron chi connectivity index (χ1n) is 6.75. The van der Waals surface area contributed by atoms with E-state index in [1.807, 2.05) is 17.5 Å². The number of thiophene rings is 1. The van der Waals surface area contributed by atoms with Gasteiger partial charge < -0.3 is 5.11 Å². The Morgan fingerprint density at radius 2 is 2.33 bits per heavy atom. The summed E-state index contributed by atoms with van der Waals surface area (Å²) in [4.78, 5) is 11.3. The van der Waals surface area contributed by atoms with Crippen molar-refractivity contribution in [2.24, 2.45) is 5.10 Å². The molecule has 0 spiro atoms. The molecule has 122 valence electrons. The van der Waals surface area contributed by atoms with Crippen LogP contribution in [0.3, 0.4) is 0 Å². The quantitative estimate of drug-likeness (QED) is 0.314. The topological polar surface area (TPSA) is 109 Å². The predicted octanol–water partition coefficient (Wildman–Crippen LogP) is 3.09. The first-order valence-corrected chi connectivity index (χ1v) is 8.04. The molecular weight excluding hydrogens is 350 g/mol. The molecule has 0 saturated heterocycles. The van der Waals surface area contributed by atoms with E-state index in [1.165, 1.54) is 29.1 Å². The molecule has 0 atom stereocenters. The van der Waals surface area contributed by atoms with Crippen molar-refractivity contribution in [1.82, 2.24) is 14.9 Å². The van der Waals surface area contributed by atoms with E-state index in [0.29, 0.717) is 22.6 Å². The van der Waals surface area contributed by atoms with Crippen LogP contribution in [0, 0.1) is 14.9 Å². The lowest BCUT2D eigenvalue weighted by Crippen LogP contribution is -1.99. The number of nitrogens with zero attached hydrogens (tertiary/aromatic N) is 4. The number of H-pyrrole nitrogens is 1. The van der Waals surface area contributed by atoms with Gasteiger partial charge in [0.05, 0.1) is 11.1 Å². The number of aromatic amines is 1. The molecule has 3 aromatic rings. The number of hydrogen-bond donors (Lipinski definition) is 2. The highest BCUT2D eigenvalue weighted by Crippen LogP contribution is 2.25. The highest BCUT2D eigenvalue weighted by atomic mass is 32.1. The van der Waals surface area contributed by atoms with Gasteiger partial charge in [0.25, 0.3) is 0 Å². The number of aromatic nitrogens is 3. The van der Waals surface area contributed by atoms with Crippen LogP contribution in [0.4, 0.5) is 5.69 Å². The van der Waals surface area contributed by atoms with Crippen molar-refractivity contribution in [3.8, 4) is 5.75 Å². The van der Waals surface area contributed by atoms with Gasteiger partial charge in [0.15, 0.2) is 11.6 Å². The van der Waals surface area contributed by atoms with Crippen molar-refractivity contribution in [2.75, 3.05) is 0 Å². The summed E-state index contributed by atoms with van der Waals surface area (Å²) in [6.45, 7) is 0. The van der Waals surface area contributed by atoms with Crippen molar-refractivity contribution >= 4 is 35.5 Å². The molecule has 1 aromatic carbocycles. The lowest BCUT2D eigenvalue weighted by atomic mass is 10.2. The van der Waals surface area contributed by atoms with Crippen LogP contribution in [0.15, 0.2) is 40.8 Å². The summed E-state index contributed by atoms with van der Waals surface area (Å²) in [5, 5.41) is 33.4. The first-order chi connectivity index (χ1) is 11.5. The lowest BCUT2D eigenvalue weighted by Gasteiger charge is -2.00. The third-order valence-electron chi connectivity index (χ3n) is 3.15. The number of aromatic hydroxyl groups is 1. The number of nitrogens with one attached hydrogen (secondary N) is 1. The minimum Gasteiger partial charge on any atom is -0.502 e. The Labute approximate surface area is 144 Å². The van der Waals surface area contributed by atoms with Crippen LogP contribution in [0.25, 0.3) is 0 Å². The van der Waals surface area contributed by atoms with Crippen LogP contribution < -0.4 is 0 Å². The van der Waals surface area contributed by atoms with E-state index in [0.717, 1.165) is 4.88 Å². The fraction of sp³-hybridized carbons (Fsp3) is 0.0714. The molecule has 2 heterocycles. The van der Waals surface area contributed by atoms with Gasteiger partial charge in [-0.2, -0.15) is 14.9 Å². The molecule has 0 fully saturated rings. The van der Waals surface area contributed by atoms with Crippen molar-refractivity contribution < 1.29 is 10.0 Å². The molecule has 10 heteroatoms. The molecular formula is C14H11N5O3S2. The molecule has 0 unspecified atom stereocenters. The van der Waals surface area contributed by atoms with E-state index >= 15 is 0 Å². The van der Waals surface area contributed by atoms with Gasteiger partial charge in [-0.15, -0.1) is 11.3 Å². The molecule has 0 aliphatic heterocycles. The van der Waals surface area contributed by atoms with Gasteiger partial charge >= 0.3 is 5.69 Å². The van der Waals surface area contributed by atoms with Crippen LogP contribution in [0.5, 0.6) is 5.75 Å². The van der Waals surface area contributed by atoms with Gasteiger partial charge in [-0.25, -0.2) is 0 Å². The maximum atomic E-state index is 10.9. The fourth-order valence-electron chi connectivity index (χ4n) is 2.02. The Bertz CT molecular complexity index is 959. The number of nitro groups is 1. The summed E-state index contributed by atoms with van der Waals surface area (Å²) in [7, 11) is 0. The molecule has 0 aliphatic carbocycles. The molecule has 0 aliphatic rings. The summed E-state index contributed by atoms with van der Waals surface area (Å²) in [6.07, 6.45) is 1.99. The molecule has 2 N–H and O–H groups in total. The second kappa shape index (κ2) is 6.72. The second-order valence-corrected chi connectivity index (χ2v) is 6.18. The van der Waals surface area contributed by atoms with Gasteiger partial charge in [-0.05, 0) is 35.8 Å². The summed E-state index contributed by atoms with van der Waals surface area (Å²) in [5.41, 5.74) is 0.0817. The van der Waals surface area contributed by atoms with E-state index < -0.39 is 10.7 Å². The van der Waals surface area contributed by atoms with Gasteiger partial charge in [0.1, 0.15) is 0 Å². The minimum absolute atomic E-state index is 0.325. The molecule has 0 radical (unpaired) electrons. The molecule has 3 rings (SSSR count). The van der Waals surface area contributed by atoms with Gasteiger partial charge in [0, 0.05) is 22.9 Å². The molecule has 0 bridgehead atoms. The average Bonchev–Trinajstić information content (AvgIpc) is 3.17. The van der Waals surface area contributed by atoms with Crippen LogP contribution in [0.1, 0.15) is 16.3 Å². The summed E-state index contributed by atoms with van der Waals surface area (Å²) in [6, 6.07) is 7.95. The van der Waals surface area contributed by atoms with Crippen molar-refractivity contribution in [2.45, 2.75) is 6.42 Å². The Morgan fingerprint density at radius 1 is 1.50 bits per heavy atom. The Morgan fingerprint density at radius 3 is 3.04 bits per heavy atom. The highest BCUT2D eigenvalue weighted by Gasteiger charge is 2.13. The Hall–Kier alpha value is -2.85. The fourth-order valence-corrected chi connectivity index (χ4v) is 2.92. The molecule has 8 nitrogen and oxygen atoms in total. The summed E-state index contributed by atoms with van der Waals surface area (Å²) < 4.78 is 1.79. The number of hydrogen-bond acceptors (Lipinski definition) is 7. The SMILES string of the molecule is O=[N+]([O-])c1cc(/C=N\n2c(Cc3cccs3)n[nH]c2=S)ccc1O. The molecule has 0 amide bonds. The Balaban J connectivity index is 1.90. The normalized spacial score (nSPS) is 11.2. The van der Waals surface area contributed by atoms with E-state index in [9.17, 15) is 15.2 Å². The molecule has 24 heavy (non-hydrogen) atoms. The zero-order valence-corrected chi connectivity index (χ0v) is 13.8. The first kappa shape index (κ1) is 16.0. The van der Waals surface area contributed by atoms with Crippen LogP contribution in [-0.2, 0) is 6.42 Å². The van der Waals surface area contributed by atoms with E-state index in [1.54, 1.807) is 11.3 Å². The summed E-state index contributed by atoms with van der Waals surface area (Å²) in [5.74, 6) is 0.238. The standard InChI is InChI=1S/C14H11N5O3S2/c20-12-4-3-9(6-11(12)19(21)22)8-15-18-13(16-17-14(18)23)7-10-2-1-5-24-10/h1-6,8,20H,7H2,(H,17,23)/b15-8-. The van der Waals surface area contributed by atoms with Crippen LogP contribution in [0.2, 0.25) is 0 Å².